The third-order valence-electron chi connectivity index (χ3n) is 7.36. The summed E-state index contributed by atoms with van der Waals surface area (Å²) in [7, 11) is -0.168. The molecule has 0 heterocycles. The van der Waals surface area contributed by atoms with Gasteiger partial charge in [0, 0.05) is 11.6 Å². The Morgan fingerprint density at radius 2 is 1.80 bits per heavy atom. The van der Waals surface area contributed by atoms with E-state index in [9.17, 15) is 0 Å². The quantitative estimate of drug-likeness (QED) is 0.372. The van der Waals surface area contributed by atoms with Crippen LogP contribution in [0.2, 0.25) is 18.1 Å². The zero-order chi connectivity index (χ0) is 21.9. The standard InChI is InChI=1S/C25H37NO3Si/c1-25(2,3)30(5,6)28-17-24(22-9-7-8-10-23(22)27-4)29-21-15-19-13-18(11-12-26)14-20(19)16-21/h7-11,19-21,24H,13-17H2,1-6H3/b18-11-/t19-,20+,21?,24?/m1/s1. The largest absolute Gasteiger partial charge is 0.496 e. The third-order valence-corrected chi connectivity index (χ3v) is 11.9. The minimum atomic E-state index is -1.88. The fourth-order valence-electron chi connectivity index (χ4n) is 4.60. The monoisotopic (exact) mass is 427 g/mol. The molecule has 30 heavy (non-hydrogen) atoms. The van der Waals surface area contributed by atoms with Gasteiger partial charge in [-0.15, -0.1) is 0 Å². The van der Waals surface area contributed by atoms with E-state index in [1.165, 1.54) is 5.57 Å². The number of nitrogens with zero attached hydrogens (tertiary/aromatic N) is 1. The van der Waals surface area contributed by atoms with E-state index in [0.29, 0.717) is 18.4 Å². The number of nitriles is 1. The number of para-hydroxylation sites is 1. The van der Waals surface area contributed by atoms with Gasteiger partial charge in [-0.1, -0.05) is 44.5 Å². The van der Waals surface area contributed by atoms with Gasteiger partial charge in [0.25, 0.3) is 0 Å². The lowest BCUT2D eigenvalue weighted by Crippen LogP contribution is -2.42. The van der Waals surface area contributed by atoms with Gasteiger partial charge in [-0.05, 0) is 61.7 Å². The molecule has 0 N–H and O–H groups in total. The molecule has 0 spiro atoms. The molecule has 0 saturated heterocycles. The molecule has 164 valence electrons. The van der Waals surface area contributed by atoms with Gasteiger partial charge in [0.15, 0.2) is 8.32 Å². The summed E-state index contributed by atoms with van der Waals surface area (Å²) in [6.07, 6.45) is 6.10. The Bertz CT molecular complexity index is 789. The number of allylic oxidation sites excluding steroid dienone is 2. The first-order valence-electron chi connectivity index (χ1n) is 11.1. The first-order valence-corrected chi connectivity index (χ1v) is 14.0. The van der Waals surface area contributed by atoms with E-state index in [4.69, 9.17) is 19.2 Å². The number of benzene rings is 1. The molecule has 0 aromatic heterocycles. The van der Waals surface area contributed by atoms with Gasteiger partial charge in [0.2, 0.25) is 0 Å². The second-order valence-electron chi connectivity index (χ2n) is 10.4. The summed E-state index contributed by atoms with van der Waals surface area (Å²) in [5.74, 6) is 2.15. The zero-order valence-corrected chi connectivity index (χ0v) is 20.4. The van der Waals surface area contributed by atoms with E-state index in [1.807, 2.05) is 18.2 Å². The van der Waals surface area contributed by atoms with Crippen LogP contribution in [0.25, 0.3) is 0 Å². The minimum absolute atomic E-state index is 0.131. The van der Waals surface area contributed by atoms with Gasteiger partial charge < -0.3 is 13.9 Å². The van der Waals surface area contributed by atoms with E-state index >= 15 is 0 Å². The predicted molar refractivity (Wildman–Crippen MR) is 123 cm³/mol. The number of hydrogen-bond acceptors (Lipinski definition) is 4. The smallest absolute Gasteiger partial charge is 0.192 e. The molecule has 1 aromatic carbocycles. The molecule has 1 aromatic rings. The van der Waals surface area contributed by atoms with E-state index < -0.39 is 8.32 Å². The van der Waals surface area contributed by atoms with Crippen molar-refractivity contribution < 1.29 is 13.9 Å². The fourth-order valence-corrected chi connectivity index (χ4v) is 5.60. The summed E-state index contributed by atoms with van der Waals surface area (Å²) in [6, 6.07) is 10.3. The lowest BCUT2D eigenvalue weighted by atomic mass is 10.0. The van der Waals surface area contributed by atoms with E-state index in [2.05, 4.69) is 46.0 Å². The topological polar surface area (TPSA) is 51.5 Å². The van der Waals surface area contributed by atoms with Crippen molar-refractivity contribution in [3.63, 3.8) is 0 Å². The van der Waals surface area contributed by atoms with Gasteiger partial charge in [-0.3, -0.25) is 0 Å². The van der Waals surface area contributed by atoms with E-state index in [1.54, 1.807) is 13.2 Å². The summed E-state index contributed by atoms with van der Waals surface area (Å²) in [6.45, 7) is 11.9. The lowest BCUT2D eigenvalue weighted by molar-refractivity contribution is -0.0387. The van der Waals surface area contributed by atoms with Crippen molar-refractivity contribution >= 4 is 8.32 Å². The molecule has 4 atom stereocenters. The number of fused-ring (bicyclic) bond motifs is 1. The van der Waals surface area contributed by atoms with Crippen LogP contribution >= 0.6 is 0 Å². The van der Waals surface area contributed by atoms with E-state index in [-0.39, 0.29) is 17.2 Å². The molecule has 2 unspecified atom stereocenters. The number of rotatable bonds is 7. The van der Waals surface area contributed by atoms with Gasteiger partial charge in [-0.2, -0.15) is 5.26 Å². The Labute approximate surface area is 183 Å². The number of ether oxygens (including phenoxy) is 2. The fraction of sp³-hybridized carbons (Fsp3) is 0.640. The van der Waals surface area contributed by atoms with Crippen molar-refractivity contribution in [2.45, 2.75) is 76.8 Å². The molecule has 0 bridgehead atoms. The maximum Gasteiger partial charge on any atom is 0.192 e. The molecule has 2 saturated carbocycles. The molecule has 0 aliphatic heterocycles. The van der Waals surface area contributed by atoms with Crippen molar-refractivity contribution in [2.24, 2.45) is 11.8 Å². The van der Waals surface area contributed by atoms with Gasteiger partial charge >= 0.3 is 0 Å². The van der Waals surface area contributed by atoms with Crippen molar-refractivity contribution in [3.05, 3.63) is 41.5 Å². The highest BCUT2D eigenvalue weighted by Gasteiger charge is 2.42. The molecule has 2 aliphatic carbocycles. The molecule has 4 nitrogen and oxygen atoms in total. The van der Waals surface area contributed by atoms with Crippen LogP contribution in [0, 0.1) is 23.2 Å². The maximum atomic E-state index is 8.94. The van der Waals surface area contributed by atoms with Crippen LogP contribution in [-0.4, -0.2) is 28.1 Å². The summed E-state index contributed by atoms with van der Waals surface area (Å²) >= 11 is 0. The molecule has 3 rings (SSSR count). The van der Waals surface area contributed by atoms with Crippen LogP contribution in [0.4, 0.5) is 0 Å². The van der Waals surface area contributed by atoms with Crippen molar-refractivity contribution in [2.75, 3.05) is 13.7 Å². The van der Waals surface area contributed by atoms with Gasteiger partial charge in [0.1, 0.15) is 11.9 Å². The Kier molecular flexibility index (Phi) is 7.11. The van der Waals surface area contributed by atoms with Crippen molar-refractivity contribution in [1.82, 2.24) is 0 Å². The molecule has 0 amide bonds. The highest BCUT2D eigenvalue weighted by Crippen LogP contribution is 2.48. The van der Waals surface area contributed by atoms with Crippen LogP contribution in [0.5, 0.6) is 5.75 Å². The summed E-state index contributed by atoms with van der Waals surface area (Å²) < 4.78 is 18.9. The molecule has 0 radical (unpaired) electrons. The molecular formula is C25H37NO3Si. The highest BCUT2D eigenvalue weighted by atomic mass is 28.4. The van der Waals surface area contributed by atoms with Crippen LogP contribution in [0.15, 0.2) is 35.9 Å². The van der Waals surface area contributed by atoms with Crippen LogP contribution in [0.3, 0.4) is 0 Å². The van der Waals surface area contributed by atoms with Crippen molar-refractivity contribution in [3.8, 4) is 11.8 Å². The lowest BCUT2D eigenvalue weighted by Gasteiger charge is -2.37. The maximum absolute atomic E-state index is 8.94. The Hall–Kier alpha value is -1.61. The minimum Gasteiger partial charge on any atom is -0.496 e. The highest BCUT2D eigenvalue weighted by molar-refractivity contribution is 6.74. The first kappa shape index (κ1) is 23.1. The predicted octanol–water partition coefficient (Wildman–Crippen LogP) is 6.41. The summed E-state index contributed by atoms with van der Waals surface area (Å²) in [5, 5.41) is 9.10. The van der Waals surface area contributed by atoms with Gasteiger partial charge in [-0.25, -0.2) is 0 Å². The Balaban J connectivity index is 1.73. The Morgan fingerprint density at radius 1 is 1.17 bits per heavy atom. The zero-order valence-electron chi connectivity index (χ0n) is 19.4. The van der Waals surface area contributed by atoms with Crippen LogP contribution in [-0.2, 0) is 9.16 Å². The Morgan fingerprint density at radius 3 is 2.37 bits per heavy atom. The SMILES string of the molecule is COc1ccccc1C(CO[Si](C)(C)C(C)(C)C)OC1C[C@H]2C/C(=C/C#N)C[C@H]2C1. The van der Waals surface area contributed by atoms with Crippen molar-refractivity contribution in [1.29, 1.82) is 5.26 Å². The average Bonchev–Trinajstić information content (AvgIpc) is 3.22. The summed E-state index contributed by atoms with van der Waals surface area (Å²) in [4.78, 5) is 0. The normalized spacial score (nSPS) is 26.4. The molecular weight excluding hydrogens is 390 g/mol. The third kappa shape index (κ3) is 5.16. The molecule has 2 aliphatic rings. The second-order valence-corrected chi connectivity index (χ2v) is 15.2. The first-order chi connectivity index (χ1) is 14.1. The summed E-state index contributed by atoms with van der Waals surface area (Å²) in [5.41, 5.74) is 2.38. The molecule has 5 heteroatoms. The van der Waals surface area contributed by atoms with Crippen LogP contribution in [0.1, 0.15) is 58.1 Å². The second kappa shape index (κ2) is 9.26. The average molecular weight is 428 g/mol. The van der Waals surface area contributed by atoms with Gasteiger partial charge in [0.05, 0.1) is 25.9 Å². The number of hydrogen-bond donors (Lipinski definition) is 0. The molecule has 2 fully saturated rings. The van der Waals surface area contributed by atoms with E-state index in [0.717, 1.165) is 37.0 Å². The van der Waals surface area contributed by atoms with Crippen LogP contribution < -0.4 is 4.74 Å². The number of methoxy groups -OCH3 is 1.